The summed E-state index contributed by atoms with van der Waals surface area (Å²) >= 11 is 5.92. The third kappa shape index (κ3) is 45.0. The number of aliphatic hydroxyl groups is 3. The van der Waals surface area contributed by atoms with Crippen LogP contribution in [0.4, 0.5) is 22.7 Å². The molecule has 0 bridgehead atoms. The van der Waals surface area contributed by atoms with Gasteiger partial charge in [-0.2, -0.15) is 0 Å². The number of non-ortho nitro benzene ring substituents is 1. The fourth-order valence-corrected chi connectivity index (χ4v) is 12.4. The highest BCUT2D eigenvalue weighted by atomic mass is 35.5. The number of aryl methyl sites for hydroxylation is 1. The molecule has 0 aromatic heterocycles. The Labute approximate surface area is 858 Å². The molecule has 0 saturated heterocycles. The summed E-state index contributed by atoms with van der Waals surface area (Å²) in [5.41, 5.74) is 8.65. The van der Waals surface area contributed by atoms with Gasteiger partial charge in [0.2, 0.25) is 11.8 Å². The smallest absolute Gasteiger partial charge is 0.269 e. The molecule has 776 valence electrons. The molecule has 0 aliphatic heterocycles. The Bertz CT molecular complexity index is 6110. The fraction of sp³-hybridized carbons (Fsp3) is 0.248. The van der Waals surface area contributed by atoms with Crippen LogP contribution in [-0.2, 0) is 43.0 Å². The number of ether oxygens (including phenoxy) is 6. The van der Waals surface area contributed by atoms with Crippen LogP contribution < -0.4 is 87.6 Å². The molecule has 0 radical (unpaired) electrons. The standard InChI is InChI=1S/C23H27ClN2O4.C22H26N4O4.C22H25N3O6.C21H23N3O5.C21H24N2O4/c1-3-4-14-30-20-11-7-18(8-12-20)22(27)26-21(23(28)25-13-15-29-2)16-17-5-9-19(24)10-6-17;1-15(28)24-18-8-6-17(7-9-18)21(29)25-20(22(30)23-12-13-27)14-16-4-10-19(11-5-16)26(2)3;1-2-3-14-31-19-10-6-17(7-11-19)21(27)24-20(22(28)23-12-13-26)15-16-4-8-18(9-5-16)25(29)30;1-14(26)23-17-7-5-16(6-8-17)20(27)24-19(21(28)22-11-12-25)13-15-3-9-18(29-2)10-4-15;1-15-4-8-17(9-5-15)20(24)23-19(21(25)22-12-13-26-2)14-16-6-10-18(27-3)11-7-16/h5-12,16H,3-4,13-15H2,1-2H3,(H,25,28)(H,26,27);4-11,14,27H,12-13H2,1-3H3,(H,23,30)(H,24,28)(H,25,29);4-11,15,26H,2-3,12-14H2,1H3,(H,23,28)(H,24,27);3-10,13,25H,11-12H2,1-2H3,(H,22,28)(H,23,26)(H,24,27);4-11,14H,12-13H2,1-3H3,(H,22,25)(H,23,24)/b21-16-;20-14-;20-15-;19-13-;19-14-. The minimum absolute atomic E-state index is 0.0100. The van der Waals surface area contributed by atoms with Gasteiger partial charge in [-0.05, 0) is 248 Å². The molecule has 0 atom stereocenters. The molecule has 15 N–H and O–H groups in total. The van der Waals surface area contributed by atoms with Crippen molar-refractivity contribution in [3.63, 3.8) is 0 Å². The summed E-state index contributed by atoms with van der Waals surface area (Å²) in [6, 6.07) is 67.1. The molecule has 0 unspecified atom stereocenters. The largest absolute Gasteiger partial charge is 0.497 e. The molecule has 0 saturated carbocycles. The zero-order valence-corrected chi connectivity index (χ0v) is 84.3. The summed E-state index contributed by atoms with van der Waals surface area (Å²) in [5, 5.41) is 69.6. The summed E-state index contributed by atoms with van der Waals surface area (Å²) in [6.45, 7) is 11.0. The van der Waals surface area contributed by atoms with Crippen molar-refractivity contribution in [1.82, 2.24) is 53.2 Å². The molecule has 10 aromatic rings. The van der Waals surface area contributed by atoms with Crippen molar-refractivity contribution in [3.05, 3.63) is 347 Å². The van der Waals surface area contributed by atoms with Crippen LogP contribution >= 0.6 is 11.6 Å². The molecule has 147 heavy (non-hydrogen) atoms. The molecule has 0 heterocycles. The number of amides is 12. The van der Waals surface area contributed by atoms with Crippen molar-refractivity contribution in [3.8, 4) is 23.0 Å². The molecular weight excluding hydrogens is 1910 g/mol. The van der Waals surface area contributed by atoms with E-state index >= 15 is 0 Å². The van der Waals surface area contributed by atoms with Crippen LogP contribution in [0, 0.1) is 17.0 Å². The molecule has 10 aromatic carbocycles. The van der Waals surface area contributed by atoms with E-state index in [-0.39, 0.29) is 97.3 Å². The van der Waals surface area contributed by atoms with Crippen molar-refractivity contribution in [2.45, 2.75) is 60.3 Å². The number of benzene rings is 10. The number of carbonyl (C=O) groups excluding carboxylic acids is 12. The van der Waals surface area contributed by atoms with E-state index < -0.39 is 52.2 Å². The molecule has 0 aliphatic carbocycles. The lowest BCUT2D eigenvalue weighted by molar-refractivity contribution is -0.384. The van der Waals surface area contributed by atoms with Crippen molar-refractivity contribution >= 4 is 136 Å². The third-order valence-electron chi connectivity index (χ3n) is 20.0. The normalized spacial score (nSPS) is 10.9. The van der Waals surface area contributed by atoms with Crippen LogP contribution in [0.3, 0.4) is 0 Å². The summed E-state index contributed by atoms with van der Waals surface area (Å²) in [4.78, 5) is 160. The third-order valence-corrected chi connectivity index (χ3v) is 20.3. The molecule has 38 heteroatoms. The van der Waals surface area contributed by atoms with Gasteiger partial charge >= 0.3 is 0 Å². The highest BCUT2D eigenvalue weighted by molar-refractivity contribution is 6.30. The van der Waals surface area contributed by atoms with E-state index in [1.54, 1.807) is 217 Å². The molecule has 10 rings (SSSR count). The first kappa shape index (κ1) is 119. The average molecular weight is 2030 g/mol. The first-order valence-corrected chi connectivity index (χ1v) is 46.8. The van der Waals surface area contributed by atoms with Gasteiger partial charge in [-0.25, -0.2) is 0 Å². The predicted molar refractivity (Wildman–Crippen MR) is 565 cm³/mol. The van der Waals surface area contributed by atoms with E-state index in [4.69, 9.17) is 55.3 Å². The topological polar surface area (TPSA) is 512 Å². The number of anilines is 3. The number of nitrogens with zero attached hydrogens (tertiary/aromatic N) is 2. The van der Waals surface area contributed by atoms with E-state index in [0.29, 0.717) is 118 Å². The van der Waals surface area contributed by atoms with Crippen LogP contribution in [0.1, 0.15) is 139 Å². The maximum Gasteiger partial charge on any atom is 0.269 e. The Hall–Kier alpha value is -17.0. The summed E-state index contributed by atoms with van der Waals surface area (Å²) in [7, 11) is 10.1. The molecule has 0 fully saturated rings. The second-order valence-corrected chi connectivity index (χ2v) is 32.2. The molecule has 12 amide bonds. The zero-order chi connectivity index (χ0) is 107. The first-order valence-electron chi connectivity index (χ1n) is 46.4. The van der Waals surface area contributed by atoms with E-state index in [2.05, 4.69) is 77.6 Å². The minimum Gasteiger partial charge on any atom is -0.497 e. The van der Waals surface area contributed by atoms with Gasteiger partial charge in [-0.3, -0.25) is 67.6 Å². The number of unbranched alkanes of at least 4 members (excludes halogenated alkanes) is 2. The average Bonchev–Trinajstić information content (AvgIpc) is 0.861. The highest BCUT2D eigenvalue weighted by Gasteiger charge is 2.22. The number of nitro groups is 1. The number of methoxy groups -OCH3 is 4. The predicted octanol–water partition coefficient (Wildman–Crippen LogP) is 12.4. The highest BCUT2D eigenvalue weighted by Crippen LogP contribution is 2.24. The van der Waals surface area contributed by atoms with Crippen LogP contribution in [-0.4, -0.2) is 213 Å². The Balaban J connectivity index is 0.000000281. The van der Waals surface area contributed by atoms with Crippen molar-refractivity contribution in [2.75, 3.05) is 137 Å². The maximum absolute atomic E-state index is 12.7. The molecule has 37 nitrogen and oxygen atoms in total. The van der Waals surface area contributed by atoms with Gasteiger partial charge in [0.25, 0.3) is 64.8 Å². The summed E-state index contributed by atoms with van der Waals surface area (Å²) < 4.78 is 31.3. The lowest BCUT2D eigenvalue weighted by Crippen LogP contribution is -2.36. The number of carbonyl (C=O) groups is 12. The number of nitro benzene ring substituents is 1. The second-order valence-electron chi connectivity index (χ2n) is 31.8. The van der Waals surface area contributed by atoms with Crippen LogP contribution in [0.5, 0.6) is 23.0 Å². The van der Waals surface area contributed by atoms with Crippen molar-refractivity contribution in [1.29, 1.82) is 0 Å². The number of halogens is 1. The Morgan fingerprint density at radius 3 is 0.850 bits per heavy atom. The zero-order valence-electron chi connectivity index (χ0n) is 83.6. The fourth-order valence-electron chi connectivity index (χ4n) is 12.2. The number of nitrogens with one attached hydrogen (secondary N) is 12. The van der Waals surface area contributed by atoms with Gasteiger partial charge in [0.05, 0.1) is 65.4 Å². The van der Waals surface area contributed by atoms with Gasteiger partial charge in [0, 0.05) is 137 Å². The van der Waals surface area contributed by atoms with Crippen molar-refractivity contribution in [2.24, 2.45) is 0 Å². The minimum atomic E-state index is -0.597. The Morgan fingerprint density at radius 2 is 0.599 bits per heavy atom. The van der Waals surface area contributed by atoms with Crippen LogP contribution in [0.15, 0.2) is 271 Å². The first-order chi connectivity index (χ1) is 70.7. The lowest BCUT2D eigenvalue weighted by Gasteiger charge is -2.13. The summed E-state index contributed by atoms with van der Waals surface area (Å²) in [6.07, 6.45) is 11.7. The summed E-state index contributed by atoms with van der Waals surface area (Å²) in [5.74, 6) is -2.34. The Morgan fingerprint density at radius 1 is 0.347 bits per heavy atom. The SMILES string of the molecule is CC(=O)Nc1ccc(C(=O)N/C(=C\c2ccc(N(C)C)cc2)C(=O)NCCO)cc1.CCCCOc1ccc(C(=O)N/C(=C\c2ccc(Cl)cc2)C(=O)NCCOC)cc1.CCCCOc1ccc(C(=O)N/C(=C\c2ccc([N+](=O)[O-])cc2)C(=O)NCCO)cc1.COCCNC(=O)/C(=C/c1ccc(OC)cc1)NC(=O)c1ccc(C)cc1.COc1ccc(/C=C(\NC(=O)c2ccc(NC(C)=O)cc2)C(=O)NCCO)cc1. The van der Waals surface area contributed by atoms with E-state index in [1.165, 1.54) is 62.4 Å². The van der Waals surface area contributed by atoms with E-state index in [0.717, 1.165) is 53.6 Å². The maximum atomic E-state index is 12.7. The number of hydrogen-bond donors (Lipinski definition) is 15. The van der Waals surface area contributed by atoms with Crippen molar-refractivity contribution < 1.29 is 106 Å². The van der Waals surface area contributed by atoms with Gasteiger partial charge in [0.15, 0.2) is 0 Å². The van der Waals surface area contributed by atoms with Crippen LogP contribution in [0.25, 0.3) is 30.4 Å². The van der Waals surface area contributed by atoms with Gasteiger partial charge in [-0.1, -0.05) is 105 Å². The van der Waals surface area contributed by atoms with Gasteiger partial charge in [0.1, 0.15) is 51.5 Å². The van der Waals surface area contributed by atoms with Gasteiger partial charge < -0.3 is 112 Å². The van der Waals surface area contributed by atoms with Gasteiger partial charge in [-0.15, -0.1) is 0 Å². The lowest BCUT2D eigenvalue weighted by atomic mass is 10.1. The number of hydrogen-bond acceptors (Lipinski definition) is 24. The molecule has 0 spiro atoms. The molecular formula is C109H125ClN14O23. The quantitative estimate of drug-likeness (QED) is 0.00729. The van der Waals surface area contributed by atoms with E-state index in [1.807, 2.05) is 62.3 Å². The number of rotatable bonds is 46. The number of aliphatic hydroxyl groups excluding tert-OH is 3. The van der Waals surface area contributed by atoms with Crippen LogP contribution in [0.2, 0.25) is 5.02 Å². The molecule has 0 aliphatic rings. The monoisotopic (exact) mass is 2030 g/mol. The Kier molecular flexibility index (Phi) is 53.3. The second kappa shape index (κ2) is 66.0. The van der Waals surface area contributed by atoms with E-state index in [9.17, 15) is 67.6 Å².